The number of hydrogen-bond acceptors (Lipinski definition) is 5. The van der Waals surface area contributed by atoms with Gasteiger partial charge >= 0.3 is 12.3 Å². The molecule has 1 amide bonds. The summed E-state index contributed by atoms with van der Waals surface area (Å²) in [4.78, 5) is 23.7. The number of aliphatic hydroxyl groups is 1. The van der Waals surface area contributed by atoms with Crippen LogP contribution >= 0.6 is 0 Å². The van der Waals surface area contributed by atoms with E-state index in [1.807, 2.05) is 5.32 Å². The van der Waals surface area contributed by atoms with E-state index < -0.39 is 60.2 Å². The number of halogens is 5. The number of alkyl halides is 3. The molecule has 174 valence electrons. The van der Waals surface area contributed by atoms with Crippen LogP contribution in [0.1, 0.15) is 11.1 Å². The van der Waals surface area contributed by atoms with Gasteiger partial charge in [0, 0.05) is 12.5 Å². The number of carbonyl (C=O) groups is 2. The molecule has 0 radical (unpaired) electrons. The average Bonchev–Trinajstić information content (AvgIpc) is 2.69. The minimum Gasteiger partial charge on any atom is -0.480 e. The third-order valence-electron chi connectivity index (χ3n) is 4.32. The van der Waals surface area contributed by atoms with Crippen LogP contribution in [0.4, 0.5) is 22.0 Å². The fraction of sp³-hybridized carbons (Fsp3) is 0.300. The van der Waals surface area contributed by atoms with Gasteiger partial charge < -0.3 is 26.0 Å². The molecule has 2 aromatic carbocycles. The zero-order chi connectivity index (χ0) is 24.1. The van der Waals surface area contributed by atoms with E-state index in [9.17, 15) is 41.8 Å². The summed E-state index contributed by atoms with van der Waals surface area (Å²) in [5.74, 6) is -7.87. The Morgan fingerprint density at radius 1 is 1.03 bits per heavy atom. The Bertz CT molecular complexity index is 932. The Hall–Kier alpha value is -3.25. The van der Waals surface area contributed by atoms with Crippen molar-refractivity contribution >= 4 is 11.9 Å². The van der Waals surface area contributed by atoms with Gasteiger partial charge in [0.2, 0.25) is 5.75 Å². The molecule has 0 fully saturated rings. The predicted molar refractivity (Wildman–Crippen MR) is 100 cm³/mol. The van der Waals surface area contributed by atoms with Gasteiger partial charge in [-0.25, -0.2) is 13.6 Å². The van der Waals surface area contributed by atoms with E-state index in [2.05, 4.69) is 4.74 Å². The van der Waals surface area contributed by atoms with Crippen LogP contribution in [-0.4, -0.2) is 46.6 Å². The van der Waals surface area contributed by atoms with Gasteiger partial charge in [-0.15, -0.1) is 13.2 Å². The highest BCUT2D eigenvalue weighted by molar-refractivity contribution is 5.86. The Labute approximate surface area is 178 Å². The van der Waals surface area contributed by atoms with E-state index in [4.69, 9.17) is 5.73 Å². The molecular weight excluding hydrogens is 443 g/mol. The topological polar surface area (TPSA) is 122 Å². The van der Waals surface area contributed by atoms with Crippen LogP contribution in [0.3, 0.4) is 0 Å². The molecular formula is C20H19F5N2O5. The van der Waals surface area contributed by atoms with Gasteiger partial charge in [-0.1, -0.05) is 30.3 Å². The largest absolute Gasteiger partial charge is 0.573 e. The monoisotopic (exact) mass is 462 g/mol. The first kappa shape index (κ1) is 25.0. The molecule has 3 atom stereocenters. The highest BCUT2D eigenvalue weighted by Gasteiger charge is 2.34. The number of aliphatic carboxylic acids is 1. The maximum absolute atomic E-state index is 13.8. The summed E-state index contributed by atoms with van der Waals surface area (Å²) in [6, 6.07) is 6.67. The molecule has 0 bridgehead atoms. The number of rotatable bonds is 9. The lowest BCUT2D eigenvalue weighted by Gasteiger charge is -2.21. The van der Waals surface area contributed by atoms with Crippen molar-refractivity contribution in [2.24, 2.45) is 5.73 Å². The lowest BCUT2D eigenvalue weighted by molar-refractivity contribution is -0.276. The van der Waals surface area contributed by atoms with E-state index in [1.165, 1.54) is 0 Å². The van der Waals surface area contributed by atoms with Gasteiger partial charge in [-0.3, -0.25) is 4.79 Å². The van der Waals surface area contributed by atoms with Crippen LogP contribution in [0.25, 0.3) is 0 Å². The molecule has 0 spiro atoms. The standard InChI is InChI=1S/C20H19F5N2O5/c21-12-6-11(7-13(22)17(12)32-20(23,24)25)9-15(19(30)31)27-18(29)16(28)14(26)8-10-4-2-1-3-5-10/h1-7,14-16,28H,8-9,26H2,(H,27,29)(H,30,31)/t14-,15+,16+/m1/s1. The van der Waals surface area contributed by atoms with Gasteiger partial charge in [0.05, 0.1) is 0 Å². The van der Waals surface area contributed by atoms with Gasteiger partial charge in [0.25, 0.3) is 5.91 Å². The van der Waals surface area contributed by atoms with Crippen molar-refractivity contribution in [1.29, 1.82) is 0 Å². The molecule has 5 N–H and O–H groups in total. The molecule has 0 aliphatic carbocycles. The first-order valence-corrected chi connectivity index (χ1v) is 9.11. The Kier molecular flexibility index (Phi) is 8.11. The molecule has 0 aromatic heterocycles. The SMILES string of the molecule is N[C@H](Cc1ccccc1)[C@H](O)C(=O)N[C@@H](Cc1cc(F)c(OC(F)(F)F)c(F)c1)C(=O)O. The summed E-state index contributed by atoms with van der Waals surface area (Å²) in [6.45, 7) is 0. The third kappa shape index (κ3) is 7.17. The predicted octanol–water partition coefficient (Wildman–Crippen LogP) is 1.91. The summed E-state index contributed by atoms with van der Waals surface area (Å²) in [5, 5.41) is 21.4. The number of nitrogens with one attached hydrogen (secondary N) is 1. The molecule has 0 heterocycles. The number of ether oxygens (including phenoxy) is 1. The quantitative estimate of drug-likeness (QED) is 0.423. The summed E-state index contributed by atoms with van der Waals surface area (Å²) in [6.07, 6.45) is -7.73. The van der Waals surface area contributed by atoms with E-state index in [0.29, 0.717) is 17.7 Å². The fourth-order valence-electron chi connectivity index (χ4n) is 2.83. The summed E-state index contributed by atoms with van der Waals surface area (Å²) >= 11 is 0. The number of benzene rings is 2. The Morgan fingerprint density at radius 2 is 1.59 bits per heavy atom. The minimum absolute atomic E-state index is 0.101. The van der Waals surface area contributed by atoms with Crippen molar-refractivity contribution in [3.05, 3.63) is 65.2 Å². The van der Waals surface area contributed by atoms with Crippen molar-refractivity contribution in [1.82, 2.24) is 5.32 Å². The third-order valence-corrected chi connectivity index (χ3v) is 4.32. The van der Waals surface area contributed by atoms with Crippen molar-refractivity contribution < 1.29 is 46.5 Å². The molecule has 0 aliphatic heterocycles. The van der Waals surface area contributed by atoms with Crippen LogP contribution in [0.15, 0.2) is 42.5 Å². The van der Waals surface area contributed by atoms with E-state index in [0.717, 1.165) is 0 Å². The highest BCUT2D eigenvalue weighted by atomic mass is 19.4. The van der Waals surface area contributed by atoms with E-state index in [1.54, 1.807) is 30.3 Å². The van der Waals surface area contributed by atoms with Crippen LogP contribution in [0, 0.1) is 11.6 Å². The molecule has 0 aliphatic rings. The number of carboxylic acid groups (broad SMARTS) is 1. The van der Waals surface area contributed by atoms with Gasteiger partial charge in [-0.2, -0.15) is 0 Å². The van der Waals surface area contributed by atoms with E-state index >= 15 is 0 Å². The highest BCUT2D eigenvalue weighted by Crippen LogP contribution is 2.29. The van der Waals surface area contributed by atoms with Crippen molar-refractivity contribution in [3.8, 4) is 5.75 Å². The Morgan fingerprint density at radius 3 is 2.09 bits per heavy atom. The summed E-state index contributed by atoms with van der Waals surface area (Å²) in [5.41, 5.74) is 6.14. The smallest absolute Gasteiger partial charge is 0.480 e. The van der Waals surface area contributed by atoms with Crippen LogP contribution in [0.5, 0.6) is 5.75 Å². The maximum atomic E-state index is 13.8. The number of hydrogen-bond donors (Lipinski definition) is 4. The van der Waals surface area contributed by atoms with Crippen LogP contribution < -0.4 is 15.8 Å². The normalized spacial score (nSPS) is 14.3. The molecule has 7 nitrogen and oxygen atoms in total. The molecule has 2 rings (SSSR count). The lowest BCUT2D eigenvalue weighted by atomic mass is 10.0. The zero-order valence-corrected chi connectivity index (χ0v) is 16.3. The lowest BCUT2D eigenvalue weighted by Crippen LogP contribution is -2.52. The van der Waals surface area contributed by atoms with Crippen molar-refractivity contribution in [2.45, 2.75) is 37.4 Å². The Balaban J connectivity index is 2.09. The van der Waals surface area contributed by atoms with Crippen LogP contribution in [-0.2, 0) is 22.4 Å². The minimum atomic E-state index is -5.34. The van der Waals surface area contributed by atoms with Crippen molar-refractivity contribution in [3.63, 3.8) is 0 Å². The number of aliphatic hydroxyl groups excluding tert-OH is 1. The summed E-state index contributed by atoms with van der Waals surface area (Å²) in [7, 11) is 0. The second-order valence-electron chi connectivity index (χ2n) is 6.84. The molecule has 12 heteroatoms. The average molecular weight is 462 g/mol. The molecule has 0 saturated heterocycles. The molecule has 32 heavy (non-hydrogen) atoms. The van der Waals surface area contributed by atoms with Gasteiger partial charge in [0.1, 0.15) is 12.1 Å². The first-order chi connectivity index (χ1) is 14.9. The van der Waals surface area contributed by atoms with Gasteiger partial charge in [0.15, 0.2) is 11.6 Å². The molecule has 2 aromatic rings. The van der Waals surface area contributed by atoms with Crippen LogP contribution in [0.2, 0.25) is 0 Å². The second kappa shape index (κ2) is 10.4. The molecule has 0 saturated carbocycles. The van der Waals surface area contributed by atoms with Crippen molar-refractivity contribution in [2.75, 3.05) is 0 Å². The number of amides is 1. The summed E-state index contributed by atoms with van der Waals surface area (Å²) < 4.78 is 67.6. The number of nitrogens with two attached hydrogens (primary N) is 1. The first-order valence-electron chi connectivity index (χ1n) is 9.11. The zero-order valence-electron chi connectivity index (χ0n) is 16.3. The van der Waals surface area contributed by atoms with Gasteiger partial charge in [-0.05, 0) is 29.7 Å². The second-order valence-corrected chi connectivity index (χ2v) is 6.84. The molecule has 0 unspecified atom stereocenters. The number of carbonyl (C=O) groups excluding carboxylic acids is 1. The number of carboxylic acids is 1. The fourth-order valence-corrected chi connectivity index (χ4v) is 2.83. The van der Waals surface area contributed by atoms with E-state index in [-0.39, 0.29) is 12.0 Å². The maximum Gasteiger partial charge on any atom is 0.573 e.